The molecule has 2 N–H and O–H groups in total. The maximum absolute atomic E-state index is 12.0. The topological polar surface area (TPSA) is 86.7 Å². The van der Waals surface area contributed by atoms with E-state index in [1.54, 1.807) is 0 Å². The van der Waals surface area contributed by atoms with E-state index in [2.05, 4.69) is 5.32 Å². The highest BCUT2D eigenvalue weighted by molar-refractivity contribution is 5.89. The summed E-state index contributed by atoms with van der Waals surface area (Å²) < 4.78 is 0. The number of nitrogens with zero attached hydrogens (tertiary/aromatic N) is 1. The van der Waals surface area contributed by atoms with Gasteiger partial charge in [-0.1, -0.05) is 12.8 Å². The van der Waals surface area contributed by atoms with Crippen LogP contribution in [0, 0.1) is 5.92 Å². The predicted molar refractivity (Wildman–Crippen MR) is 72.0 cm³/mol. The van der Waals surface area contributed by atoms with Gasteiger partial charge in [-0.25, -0.2) is 0 Å². The van der Waals surface area contributed by atoms with Gasteiger partial charge in [-0.3, -0.25) is 14.4 Å². The molecule has 6 nitrogen and oxygen atoms in total. The number of hydrogen-bond acceptors (Lipinski definition) is 3. The molecule has 0 radical (unpaired) electrons. The molecule has 20 heavy (non-hydrogen) atoms. The van der Waals surface area contributed by atoms with Crippen LogP contribution in [-0.4, -0.2) is 46.9 Å². The van der Waals surface area contributed by atoms with Gasteiger partial charge in [0.05, 0.1) is 5.92 Å². The van der Waals surface area contributed by atoms with E-state index in [0.717, 1.165) is 12.8 Å². The molecule has 1 atom stereocenters. The predicted octanol–water partition coefficient (Wildman–Crippen LogP) is 0.758. The smallest absolute Gasteiger partial charge is 0.303 e. The Morgan fingerprint density at radius 2 is 2.00 bits per heavy atom. The van der Waals surface area contributed by atoms with E-state index >= 15 is 0 Å². The number of hydrogen-bond donors (Lipinski definition) is 2. The molecule has 1 saturated carbocycles. The van der Waals surface area contributed by atoms with Gasteiger partial charge in [0.2, 0.25) is 11.8 Å². The minimum absolute atomic E-state index is 0.0536. The van der Waals surface area contributed by atoms with Crippen LogP contribution in [0.25, 0.3) is 0 Å². The Labute approximate surface area is 118 Å². The fourth-order valence-electron chi connectivity index (χ4n) is 3.07. The van der Waals surface area contributed by atoms with Gasteiger partial charge in [-0.05, 0) is 19.3 Å². The van der Waals surface area contributed by atoms with Crippen molar-refractivity contribution >= 4 is 17.8 Å². The third kappa shape index (κ3) is 3.71. The lowest BCUT2D eigenvalue weighted by molar-refractivity contribution is -0.137. The minimum atomic E-state index is -0.859. The Morgan fingerprint density at radius 1 is 1.30 bits per heavy atom. The summed E-state index contributed by atoms with van der Waals surface area (Å²) in [6.45, 7) is 0.882. The normalized spacial score (nSPS) is 23.3. The largest absolute Gasteiger partial charge is 0.481 e. The fourth-order valence-corrected chi connectivity index (χ4v) is 3.07. The van der Waals surface area contributed by atoms with Crippen molar-refractivity contribution in [3.8, 4) is 0 Å². The van der Waals surface area contributed by atoms with Crippen LogP contribution in [0.1, 0.15) is 44.9 Å². The molecule has 0 bridgehead atoms. The van der Waals surface area contributed by atoms with Crippen molar-refractivity contribution in [1.82, 2.24) is 10.2 Å². The number of aliphatic carboxylic acids is 1. The summed E-state index contributed by atoms with van der Waals surface area (Å²) in [6.07, 6.45) is 5.21. The van der Waals surface area contributed by atoms with Crippen molar-refractivity contribution in [1.29, 1.82) is 0 Å². The van der Waals surface area contributed by atoms with Gasteiger partial charge in [0, 0.05) is 32.0 Å². The molecule has 1 aliphatic carbocycles. The summed E-state index contributed by atoms with van der Waals surface area (Å²) in [6, 6.07) is 0.326. The Bertz CT molecular complexity index is 391. The van der Waals surface area contributed by atoms with E-state index in [0.29, 0.717) is 32.0 Å². The molecule has 6 heteroatoms. The zero-order valence-corrected chi connectivity index (χ0v) is 11.6. The highest BCUT2D eigenvalue weighted by atomic mass is 16.4. The second kappa shape index (κ2) is 6.72. The molecular formula is C14H22N2O4. The number of carboxylic acid groups (broad SMARTS) is 1. The summed E-state index contributed by atoms with van der Waals surface area (Å²) >= 11 is 0. The maximum atomic E-state index is 12.0. The molecule has 1 aliphatic heterocycles. The van der Waals surface area contributed by atoms with E-state index in [1.807, 2.05) is 4.90 Å². The molecule has 2 rings (SSSR count). The van der Waals surface area contributed by atoms with Crippen LogP contribution in [0.4, 0.5) is 0 Å². The van der Waals surface area contributed by atoms with Crippen LogP contribution < -0.4 is 5.32 Å². The lowest BCUT2D eigenvalue weighted by atomic mass is 10.1. The first-order valence-electron chi connectivity index (χ1n) is 7.37. The van der Waals surface area contributed by atoms with Gasteiger partial charge in [-0.2, -0.15) is 0 Å². The monoisotopic (exact) mass is 282 g/mol. The summed E-state index contributed by atoms with van der Waals surface area (Å²) in [7, 11) is 0. The molecule has 0 aromatic heterocycles. The van der Waals surface area contributed by atoms with Gasteiger partial charge in [0.1, 0.15) is 0 Å². The highest BCUT2D eigenvalue weighted by Gasteiger charge is 2.38. The van der Waals surface area contributed by atoms with Crippen LogP contribution >= 0.6 is 0 Å². The van der Waals surface area contributed by atoms with Crippen molar-refractivity contribution in [2.75, 3.05) is 13.1 Å². The first-order valence-corrected chi connectivity index (χ1v) is 7.37. The number of amides is 2. The van der Waals surface area contributed by atoms with Crippen LogP contribution in [0.5, 0.6) is 0 Å². The second-order valence-corrected chi connectivity index (χ2v) is 5.67. The maximum Gasteiger partial charge on any atom is 0.303 e. The fraction of sp³-hybridized carbons (Fsp3) is 0.786. The van der Waals surface area contributed by atoms with Gasteiger partial charge >= 0.3 is 5.97 Å². The zero-order valence-electron chi connectivity index (χ0n) is 11.6. The molecule has 2 fully saturated rings. The molecule has 0 aromatic rings. The SMILES string of the molecule is O=C(O)CCCNC(=O)C1CC(=O)N(C2CCCC2)C1. The lowest BCUT2D eigenvalue weighted by Gasteiger charge is -2.23. The van der Waals surface area contributed by atoms with E-state index in [-0.39, 0.29) is 24.2 Å². The number of carbonyl (C=O) groups is 3. The molecule has 2 amide bonds. The van der Waals surface area contributed by atoms with Gasteiger partial charge in [0.25, 0.3) is 0 Å². The highest BCUT2D eigenvalue weighted by Crippen LogP contribution is 2.29. The average Bonchev–Trinajstić information content (AvgIpc) is 3.02. The van der Waals surface area contributed by atoms with E-state index in [9.17, 15) is 14.4 Å². The molecular weight excluding hydrogens is 260 g/mol. The standard InChI is InChI=1S/C14H22N2O4/c17-12-8-10(9-16(12)11-4-1-2-5-11)14(20)15-7-3-6-13(18)19/h10-11H,1-9H2,(H,15,20)(H,18,19). The molecule has 112 valence electrons. The number of rotatable bonds is 6. The average molecular weight is 282 g/mol. The Hall–Kier alpha value is -1.59. The summed E-state index contributed by atoms with van der Waals surface area (Å²) in [5, 5.41) is 11.2. The van der Waals surface area contributed by atoms with Crippen molar-refractivity contribution < 1.29 is 19.5 Å². The third-order valence-electron chi connectivity index (χ3n) is 4.16. The lowest BCUT2D eigenvalue weighted by Crippen LogP contribution is -2.37. The molecule has 0 aromatic carbocycles. The van der Waals surface area contributed by atoms with Gasteiger partial charge < -0.3 is 15.3 Å². The Morgan fingerprint density at radius 3 is 2.65 bits per heavy atom. The number of carboxylic acids is 1. The van der Waals surface area contributed by atoms with Crippen LogP contribution in [0.2, 0.25) is 0 Å². The van der Waals surface area contributed by atoms with Crippen molar-refractivity contribution in [3.05, 3.63) is 0 Å². The van der Waals surface area contributed by atoms with Gasteiger partial charge in [0.15, 0.2) is 0 Å². The first kappa shape index (κ1) is 14.8. The van der Waals surface area contributed by atoms with Crippen molar-refractivity contribution in [3.63, 3.8) is 0 Å². The Balaban J connectivity index is 1.74. The van der Waals surface area contributed by atoms with E-state index in [4.69, 9.17) is 5.11 Å². The molecule has 2 aliphatic rings. The third-order valence-corrected chi connectivity index (χ3v) is 4.16. The van der Waals surface area contributed by atoms with Crippen LogP contribution in [0.15, 0.2) is 0 Å². The molecule has 0 spiro atoms. The summed E-state index contributed by atoms with van der Waals surface area (Å²) in [5.74, 6) is -1.16. The van der Waals surface area contributed by atoms with Crippen molar-refractivity contribution in [2.45, 2.75) is 51.0 Å². The molecule has 1 heterocycles. The summed E-state index contributed by atoms with van der Waals surface area (Å²) in [5.41, 5.74) is 0. The second-order valence-electron chi connectivity index (χ2n) is 5.67. The van der Waals surface area contributed by atoms with E-state index in [1.165, 1.54) is 12.8 Å². The molecule has 1 saturated heterocycles. The first-order chi connectivity index (χ1) is 9.58. The van der Waals surface area contributed by atoms with Crippen molar-refractivity contribution in [2.24, 2.45) is 5.92 Å². The number of likely N-dealkylation sites (tertiary alicyclic amines) is 1. The van der Waals surface area contributed by atoms with Gasteiger partial charge in [-0.15, -0.1) is 0 Å². The Kier molecular flexibility index (Phi) is 4.98. The quantitative estimate of drug-likeness (QED) is 0.704. The summed E-state index contributed by atoms with van der Waals surface area (Å²) in [4.78, 5) is 36.2. The van der Waals surface area contributed by atoms with Crippen LogP contribution in [0.3, 0.4) is 0 Å². The number of nitrogens with one attached hydrogen (secondary N) is 1. The van der Waals surface area contributed by atoms with E-state index < -0.39 is 5.97 Å². The van der Waals surface area contributed by atoms with Crippen LogP contribution in [-0.2, 0) is 14.4 Å². The number of carbonyl (C=O) groups excluding carboxylic acids is 2. The minimum Gasteiger partial charge on any atom is -0.481 e. The molecule has 1 unspecified atom stereocenters. The zero-order chi connectivity index (χ0) is 14.5.